The molecule has 1 aromatic rings. The van der Waals surface area contributed by atoms with E-state index in [2.05, 4.69) is 48.4 Å². The number of fused-ring (bicyclic) bond motifs is 1. The predicted molar refractivity (Wildman–Crippen MR) is 65.5 cm³/mol. The number of rotatable bonds is 2. The van der Waals surface area contributed by atoms with E-state index in [1.54, 1.807) is 5.56 Å². The zero-order valence-electron chi connectivity index (χ0n) is 9.12. The summed E-state index contributed by atoms with van der Waals surface area (Å²) >= 11 is 2.13. The maximum atomic E-state index is 3.36. The summed E-state index contributed by atoms with van der Waals surface area (Å²) in [6.45, 7) is 1.13. The minimum absolute atomic E-state index is 0.548. The summed E-state index contributed by atoms with van der Waals surface area (Å²) in [5, 5.41) is 3.36. The van der Waals surface area contributed by atoms with Crippen molar-refractivity contribution in [3.05, 3.63) is 29.8 Å². The fourth-order valence-corrected chi connectivity index (χ4v) is 4.67. The van der Waals surface area contributed by atoms with E-state index in [0.717, 1.165) is 12.5 Å². The maximum Gasteiger partial charge on any atom is 0.0288 e. The highest BCUT2D eigenvalue weighted by atomic mass is 32.2. The van der Waals surface area contributed by atoms with E-state index in [4.69, 9.17) is 0 Å². The number of hydrogen-bond acceptors (Lipinski definition) is 2. The Morgan fingerprint density at radius 1 is 1.40 bits per heavy atom. The first kappa shape index (κ1) is 9.73. The molecule has 0 amide bonds. The molecular weight excluding hydrogens is 202 g/mol. The molecule has 1 unspecified atom stereocenters. The molecule has 1 N–H and O–H groups in total. The third-order valence-electron chi connectivity index (χ3n) is 3.85. The SMILES string of the molecule is CNCC1c2ccccc2SC12CCC2. The van der Waals surface area contributed by atoms with Gasteiger partial charge in [-0.15, -0.1) is 11.8 Å². The molecular formula is C13H17NS. The molecule has 1 aromatic carbocycles. The number of likely N-dealkylation sites (N-methyl/N-ethyl adjacent to an activating group) is 1. The monoisotopic (exact) mass is 219 g/mol. The van der Waals surface area contributed by atoms with Gasteiger partial charge in [0.15, 0.2) is 0 Å². The molecule has 1 heterocycles. The zero-order valence-corrected chi connectivity index (χ0v) is 9.94. The summed E-state index contributed by atoms with van der Waals surface area (Å²) in [5.74, 6) is 0.734. The summed E-state index contributed by atoms with van der Waals surface area (Å²) in [7, 11) is 2.07. The minimum atomic E-state index is 0.548. The van der Waals surface area contributed by atoms with Gasteiger partial charge in [0, 0.05) is 22.1 Å². The van der Waals surface area contributed by atoms with Crippen LogP contribution in [0.5, 0.6) is 0 Å². The van der Waals surface area contributed by atoms with Crippen LogP contribution >= 0.6 is 11.8 Å². The van der Waals surface area contributed by atoms with E-state index in [1.807, 2.05) is 0 Å². The molecule has 1 aliphatic heterocycles. The van der Waals surface area contributed by atoms with Gasteiger partial charge >= 0.3 is 0 Å². The minimum Gasteiger partial charge on any atom is -0.319 e. The highest BCUT2D eigenvalue weighted by Gasteiger charge is 2.50. The fourth-order valence-electron chi connectivity index (χ4n) is 2.91. The Morgan fingerprint density at radius 2 is 2.20 bits per heavy atom. The van der Waals surface area contributed by atoms with Crippen LogP contribution in [0, 0.1) is 0 Å². The lowest BCUT2D eigenvalue weighted by molar-refractivity contribution is 0.308. The van der Waals surface area contributed by atoms with Gasteiger partial charge in [-0.25, -0.2) is 0 Å². The van der Waals surface area contributed by atoms with Crippen LogP contribution in [0.4, 0.5) is 0 Å². The van der Waals surface area contributed by atoms with Crippen LogP contribution in [0.25, 0.3) is 0 Å². The maximum absolute atomic E-state index is 3.36. The lowest BCUT2D eigenvalue weighted by Gasteiger charge is -2.42. The molecule has 3 rings (SSSR count). The largest absolute Gasteiger partial charge is 0.319 e. The molecule has 0 bridgehead atoms. The van der Waals surface area contributed by atoms with Gasteiger partial charge in [-0.3, -0.25) is 0 Å². The summed E-state index contributed by atoms with van der Waals surface area (Å²) in [6.07, 6.45) is 4.22. The second-order valence-electron chi connectivity index (χ2n) is 4.67. The van der Waals surface area contributed by atoms with E-state index in [9.17, 15) is 0 Å². The van der Waals surface area contributed by atoms with Gasteiger partial charge in [0.25, 0.3) is 0 Å². The van der Waals surface area contributed by atoms with Crippen LogP contribution in [0.3, 0.4) is 0 Å². The van der Waals surface area contributed by atoms with Gasteiger partial charge in [-0.2, -0.15) is 0 Å². The molecule has 15 heavy (non-hydrogen) atoms. The first-order chi connectivity index (χ1) is 7.36. The summed E-state index contributed by atoms with van der Waals surface area (Å²) in [5.41, 5.74) is 1.58. The van der Waals surface area contributed by atoms with Crippen LogP contribution < -0.4 is 5.32 Å². The Kier molecular flexibility index (Phi) is 2.29. The van der Waals surface area contributed by atoms with E-state index in [-0.39, 0.29) is 0 Å². The van der Waals surface area contributed by atoms with Crippen LogP contribution in [0.2, 0.25) is 0 Å². The molecule has 1 spiro atoms. The highest BCUT2D eigenvalue weighted by Crippen LogP contribution is 2.61. The third-order valence-corrected chi connectivity index (χ3v) is 5.54. The average molecular weight is 219 g/mol. The van der Waals surface area contributed by atoms with Crippen molar-refractivity contribution in [2.24, 2.45) is 0 Å². The Morgan fingerprint density at radius 3 is 2.87 bits per heavy atom. The topological polar surface area (TPSA) is 12.0 Å². The Labute approximate surface area is 95.6 Å². The molecule has 2 heteroatoms. The smallest absolute Gasteiger partial charge is 0.0288 e. The average Bonchev–Trinajstić information content (AvgIpc) is 2.54. The van der Waals surface area contributed by atoms with Crippen molar-refractivity contribution >= 4 is 11.8 Å². The normalized spacial score (nSPS) is 26.3. The molecule has 80 valence electrons. The van der Waals surface area contributed by atoms with Gasteiger partial charge in [-0.05, 0) is 31.5 Å². The van der Waals surface area contributed by atoms with Crippen LogP contribution in [-0.4, -0.2) is 18.3 Å². The standard InChI is InChI=1S/C13H17NS/c1-14-9-11-10-5-2-3-6-12(10)15-13(11)7-4-8-13/h2-3,5-6,11,14H,4,7-9H2,1H3. The number of hydrogen-bond donors (Lipinski definition) is 1. The quantitative estimate of drug-likeness (QED) is 0.820. The van der Waals surface area contributed by atoms with Crippen molar-refractivity contribution in [2.45, 2.75) is 34.8 Å². The van der Waals surface area contributed by atoms with Crippen molar-refractivity contribution in [1.82, 2.24) is 5.32 Å². The van der Waals surface area contributed by atoms with E-state index in [0.29, 0.717) is 4.75 Å². The molecule has 1 atom stereocenters. The highest BCUT2D eigenvalue weighted by molar-refractivity contribution is 8.01. The van der Waals surface area contributed by atoms with Crippen molar-refractivity contribution in [3.8, 4) is 0 Å². The first-order valence-corrected chi connectivity index (χ1v) is 6.60. The summed E-state index contributed by atoms with van der Waals surface area (Å²) < 4.78 is 0.548. The van der Waals surface area contributed by atoms with Gasteiger partial charge in [-0.1, -0.05) is 24.6 Å². The van der Waals surface area contributed by atoms with Crippen LogP contribution in [0.15, 0.2) is 29.2 Å². The molecule has 2 aliphatic rings. The van der Waals surface area contributed by atoms with E-state index in [1.165, 1.54) is 24.2 Å². The lowest BCUT2D eigenvalue weighted by atomic mass is 9.72. The van der Waals surface area contributed by atoms with Crippen LogP contribution in [0.1, 0.15) is 30.7 Å². The summed E-state index contributed by atoms with van der Waals surface area (Å²) in [4.78, 5) is 1.53. The second kappa shape index (κ2) is 3.53. The molecule has 1 saturated carbocycles. The van der Waals surface area contributed by atoms with Crippen molar-refractivity contribution in [3.63, 3.8) is 0 Å². The number of nitrogens with one attached hydrogen (secondary N) is 1. The van der Waals surface area contributed by atoms with Crippen molar-refractivity contribution in [1.29, 1.82) is 0 Å². The molecule has 0 radical (unpaired) electrons. The number of benzene rings is 1. The molecule has 0 aromatic heterocycles. The predicted octanol–water partition coefficient (Wildman–Crippen LogP) is 3.02. The fraction of sp³-hybridized carbons (Fsp3) is 0.538. The Hall–Kier alpha value is -0.470. The Bertz CT molecular complexity index is 371. The zero-order chi connectivity index (χ0) is 10.3. The van der Waals surface area contributed by atoms with Gasteiger partial charge < -0.3 is 5.32 Å². The molecule has 1 nitrogen and oxygen atoms in total. The van der Waals surface area contributed by atoms with Crippen molar-refractivity contribution in [2.75, 3.05) is 13.6 Å². The molecule has 1 aliphatic carbocycles. The molecule has 1 fully saturated rings. The van der Waals surface area contributed by atoms with Gasteiger partial charge in [0.05, 0.1) is 0 Å². The van der Waals surface area contributed by atoms with E-state index >= 15 is 0 Å². The van der Waals surface area contributed by atoms with Gasteiger partial charge in [0.1, 0.15) is 0 Å². The Balaban J connectivity index is 1.99. The van der Waals surface area contributed by atoms with E-state index < -0.39 is 0 Å². The lowest BCUT2D eigenvalue weighted by Crippen LogP contribution is -2.40. The number of thioether (sulfide) groups is 1. The third kappa shape index (κ3) is 1.35. The van der Waals surface area contributed by atoms with Crippen LogP contribution in [-0.2, 0) is 0 Å². The van der Waals surface area contributed by atoms with Crippen molar-refractivity contribution < 1.29 is 0 Å². The molecule has 0 saturated heterocycles. The summed E-state index contributed by atoms with van der Waals surface area (Å²) in [6, 6.07) is 8.95. The first-order valence-electron chi connectivity index (χ1n) is 5.78. The second-order valence-corrected chi connectivity index (χ2v) is 6.13. The van der Waals surface area contributed by atoms with Gasteiger partial charge in [0.2, 0.25) is 0 Å².